The maximum absolute atomic E-state index is 12.7. The summed E-state index contributed by atoms with van der Waals surface area (Å²) in [5, 5.41) is 10.1. The highest BCUT2D eigenvalue weighted by Gasteiger charge is 2.17. The number of ether oxygens (including phenoxy) is 1. The summed E-state index contributed by atoms with van der Waals surface area (Å²) < 4.78 is 6.24. The molecule has 2 N–H and O–H groups in total. The minimum absolute atomic E-state index is 0.0821. The fraction of sp³-hybridized carbons (Fsp3) is 0.200. The molecule has 28 heavy (non-hydrogen) atoms. The van der Waals surface area contributed by atoms with Gasteiger partial charge in [-0.05, 0) is 30.7 Å². The van der Waals surface area contributed by atoms with E-state index in [0.29, 0.717) is 22.2 Å². The Bertz CT molecular complexity index is 1120. The molecule has 0 aliphatic carbocycles. The van der Waals surface area contributed by atoms with Crippen molar-refractivity contribution < 1.29 is 14.3 Å². The van der Waals surface area contributed by atoms with Crippen LogP contribution in [0.2, 0.25) is 0 Å². The number of rotatable bonds is 5. The molecule has 1 heterocycles. The fourth-order valence-corrected chi connectivity index (χ4v) is 2.87. The first-order valence-corrected chi connectivity index (χ1v) is 8.61. The molecule has 0 radical (unpaired) electrons. The number of benzene rings is 2. The van der Waals surface area contributed by atoms with Crippen molar-refractivity contribution in [3.05, 3.63) is 64.1 Å². The van der Waals surface area contributed by atoms with E-state index in [1.54, 1.807) is 36.4 Å². The van der Waals surface area contributed by atoms with Crippen LogP contribution >= 0.6 is 0 Å². The molecule has 8 heteroatoms. The molecule has 2 amide bonds. The van der Waals surface area contributed by atoms with Crippen LogP contribution in [-0.2, 0) is 11.3 Å². The van der Waals surface area contributed by atoms with Crippen molar-refractivity contribution in [3.63, 3.8) is 0 Å². The molecule has 0 spiro atoms. The molecule has 2 aromatic carbocycles. The number of hydrogen-bond donors (Lipinski definition) is 2. The average molecular weight is 380 g/mol. The lowest BCUT2D eigenvalue weighted by atomic mass is 10.1. The van der Waals surface area contributed by atoms with Crippen LogP contribution in [0.1, 0.15) is 16.1 Å². The van der Waals surface area contributed by atoms with Crippen LogP contribution < -0.4 is 20.9 Å². The zero-order valence-corrected chi connectivity index (χ0v) is 15.8. The van der Waals surface area contributed by atoms with E-state index in [4.69, 9.17) is 4.74 Å². The SMILES string of the molecule is CNC(=O)c1nn(CC(=O)Nc2cc(C)ccc2OC)c(=O)c2ccccc12. The molecule has 3 rings (SSSR count). The number of aromatic nitrogens is 2. The van der Waals surface area contributed by atoms with E-state index in [-0.39, 0.29) is 12.2 Å². The van der Waals surface area contributed by atoms with Gasteiger partial charge in [0.1, 0.15) is 12.3 Å². The third-order valence-corrected chi connectivity index (χ3v) is 4.23. The van der Waals surface area contributed by atoms with Crippen LogP contribution in [-0.4, -0.2) is 35.8 Å². The number of fused-ring (bicyclic) bond motifs is 1. The molecule has 8 nitrogen and oxygen atoms in total. The number of nitrogens with zero attached hydrogens (tertiary/aromatic N) is 2. The lowest BCUT2D eigenvalue weighted by Crippen LogP contribution is -2.33. The van der Waals surface area contributed by atoms with Crippen molar-refractivity contribution >= 4 is 28.3 Å². The van der Waals surface area contributed by atoms with E-state index in [0.717, 1.165) is 10.2 Å². The number of anilines is 1. The predicted molar refractivity (Wildman–Crippen MR) is 106 cm³/mol. The second-order valence-electron chi connectivity index (χ2n) is 6.19. The first kappa shape index (κ1) is 19.1. The van der Waals surface area contributed by atoms with Crippen molar-refractivity contribution in [1.29, 1.82) is 0 Å². The molecule has 3 aromatic rings. The van der Waals surface area contributed by atoms with Crippen LogP contribution in [0.4, 0.5) is 5.69 Å². The summed E-state index contributed by atoms with van der Waals surface area (Å²) >= 11 is 0. The van der Waals surface area contributed by atoms with Crippen molar-refractivity contribution in [1.82, 2.24) is 15.1 Å². The third kappa shape index (κ3) is 3.71. The summed E-state index contributed by atoms with van der Waals surface area (Å²) in [5.41, 5.74) is 1.07. The predicted octanol–water partition coefficient (Wildman–Crippen LogP) is 1.71. The highest BCUT2D eigenvalue weighted by molar-refractivity contribution is 6.04. The Hall–Kier alpha value is -3.68. The van der Waals surface area contributed by atoms with E-state index in [1.165, 1.54) is 14.2 Å². The molecule has 0 atom stereocenters. The summed E-state index contributed by atoms with van der Waals surface area (Å²) in [6.07, 6.45) is 0. The minimum atomic E-state index is -0.461. The number of aryl methyl sites for hydroxylation is 1. The molecular weight excluding hydrogens is 360 g/mol. The zero-order chi connectivity index (χ0) is 20.3. The number of nitrogens with one attached hydrogen (secondary N) is 2. The van der Waals surface area contributed by atoms with Crippen molar-refractivity contribution in [2.24, 2.45) is 0 Å². The molecule has 144 valence electrons. The van der Waals surface area contributed by atoms with Gasteiger partial charge in [0.2, 0.25) is 5.91 Å². The number of amides is 2. The molecule has 0 fully saturated rings. The van der Waals surface area contributed by atoms with Crippen molar-refractivity contribution in [3.8, 4) is 5.75 Å². The van der Waals surface area contributed by atoms with E-state index in [1.807, 2.05) is 13.0 Å². The molecular formula is C20H20N4O4. The van der Waals surface area contributed by atoms with Gasteiger partial charge in [0, 0.05) is 12.4 Å². The smallest absolute Gasteiger partial charge is 0.275 e. The van der Waals surface area contributed by atoms with Crippen LogP contribution in [0.3, 0.4) is 0 Å². The second kappa shape index (κ2) is 7.91. The molecule has 0 unspecified atom stereocenters. The summed E-state index contributed by atoms with van der Waals surface area (Å²) in [7, 11) is 2.98. The molecule has 0 bridgehead atoms. The van der Waals surface area contributed by atoms with Gasteiger partial charge in [0.25, 0.3) is 11.5 Å². The van der Waals surface area contributed by atoms with Gasteiger partial charge in [-0.2, -0.15) is 5.10 Å². The van der Waals surface area contributed by atoms with Crippen LogP contribution in [0.25, 0.3) is 10.8 Å². The topological polar surface area (TPSA) is 102 Å². The molecule has 0 aliphatic heterocycles. The van der Waals surface area contributed by atoms with Crippen LogP contribution in [0.5, 0.6) is 5.75 Å². The van der Waals surface area contributed by atoms with E-state index < -0.39 is 17.4 Å². The van der Waals surface area contributed by atoms with Gasteiger partial charge in [0.15, 0.2) is 5.69 Å². The highest BCUT2D eigenvalue weighted by atomic mass is 16.5. The van der Waals surface area contributed by atoms with E-state index >= 15 is 0 Å². The third-order valence-electron chi connectivity index (χ3n) is 4.23. The van der Waals surface area contributed by atoms with Gasteiger partial charge in [-0.1, -0.05) is 24.3 Å². The molecule has 0 saturated carbocycles. The maximum Gasteiger partial charge on any atom is 0.275 e. The standard InChI is InChI=1S/C20H20N4O4/c1-12-8-9-16(28-3)15(10-12)22-17(25)11-24-20(27)14-7-5-4-6-13(14)18(23-24)19(26)21-2/h4-10H,11H2,1-3H3,(H,21,26)(H,22,25). The molecule has 0 saturated heterocycles. The van der Waals surface area contributed by atoms with Gasteiger partial charge < -0.3 is 15.4 Å². The second-order valence-corrected chi connectivity index (χ2v) is 6.19. The first-order chi connectivity index (χ1) is 13.4. The van der Waals surface area contributed by atoms with E-state index in [9.17, 15) is 14.4 Å². The minimum Gasteiger partial charge on any atom is -0.495 e. The summed E-state index contributed by atoms with van der Waals surface area (Å²) in [4.78, 5) is 37.4. The lowest BCUT2D eigenvalue weighted by Gasteiger charge is -2.13. The largest absolute Gasteiger partial charge is 0.495 e. The maximum atomic E-state index is 12.7. The zero-order valence-electron chi connectivity index (χ0n) is 15.8. The number of carbonyl (C=O) groups is 2. The van der Waals surface area contributed by atoms with Crippen molar-refractivity contribution in [2.45, 2.75) is 13.5 Å². The van der Waals surface area contributed by atoms with Gasteiger partial charge in [-0.25, -0.2) is 4.68 Å². The summed E-state index contributed by atoms with van der Waals surface area (Å²) in [5.74, 6) is -0.397. The Kier molecular flexibility index (Phi) is 5.39. The number of carbonyl (C=O) groups excluding carboxylic acids is 2. The Labute approximate surface area is 161 Å². The van der Waals surface area contributed by atoms with Gasteiger partial charge >= 0.3 is 0 Å². The number of methoxy groups -OCH3 is 1. The van der Waals surface area contributed by atoms with Gasteiger partial charge in [0.05, 0.1) is 18.2 Å². The summed E-state index contributed by atoms with van der Waals surface area (Å²) in [6.45, 7) is 1.55. The van der Waals surface area contributed by atoms with Gasteiger partial charge in [-0.3, -0.25) is 14.4 Å². The Morgan fingerprint density at radius 2 is 1.86 bits per heavy atom. The normalized spacial score (nSPS) is 10.5. The van der Waals surface area contributed by atoms with Crippen LogP contribution in [0.15, 0.2) is 47.3 Å². The van der Waals surface area contributed by atoms with Crippen LogP contribution in [0, 0.1) is 6.92 Å². The average Bonchev–Trinajstić information content (AvgIpc) is 2.69. The highest BCUT2D eigenvalue weighted by Crippen LogP contribution is 2.25. The van der Waals surface area contributed by atoms with E-state index in [2.05, 4.69) is 15.7 Å². The number of hydrogen-bond acceptors (Lipinski definition) is 5. The van der Waals surface area contributed by atoms with Gasteiger partial charge in [-0.15, -0.1) is 0 Å². The van der Waals surface area contributed by atoms with Crippen molar-refractivity contribution in [2.75, 3.05) is 19.5 Å². The summed E-state index contributed by atoms with van der Waals surface area (Å²) in [6, 6.07) is 12.0. The first-order valence-electron chi connectivity index (χ1n) is 8.61. The Morgan fingerprint density at radius 1 is 1.14 bits per heavy atom. The molecule has 0 aliphatic rings. The monoisotopic (exact) mass is 380 g/mol. The Balaban J connectivity index is 1.97. The fourth-order valence-electron chi connectivity index (χ4n) is 2.87. The Morgan fingerprint density at radius 3 is 2.54 bits per heavy atom. The molecule has 1 aromatic heterocycles. The quantitative estimate of drug-likeness (QED) is 0.702. The lowest BCUT2D eigenvalue weighted by molar-refractivity contribution is -0.117.